The van der Waals surface area contributed by atoms with Gasteiger partial charge in [-0.15, -0.1) is 0 Å². The topological polar surface area (TPSA) is 38.5 Å². The molecule has 2 atom stereocenters. The SMILES string of the molecule is COCC(C)N(C)C(CN)C1CCCCCCC1. The smallest absolute Gasteiger partial charge is 0.0615 e. The molecule has 0 amide bonds. The number of likely N-dealkylation sites (N-methyl/N-ethyl adjacent to an activating group) is 1. The first-order valence-corrected chi connectivity index (χ1v) is 7.61. The molecule has 0 spiro atoms. The van der Waals surface area contributed by atoms with Crippen LogP contribution >= 0.6 is 0 Å². The van der Waals surface area contributed by atoms with Crippen LogP contribution in [-0.2, 0) is 4.74 Å². The standard InChI is InChI=1S/C15H32N2O/c1-13(12-18-3)17(2)15(11-16)14-9-7-5-4-6-8-10-14/h13-15H,4-12,16H2,1-3H3. The first kappa shape index (κ1) is 15.9. The van der Waals surface area contributed by atoms with E-state index < -0.39 is 0 Å². The fourth-order valence-electron chi connectivity index (χ4n) is 3.25. The molecule has 18 heavy (non-hydrogen) atoms. The molecule has 0 aliphatic heterocycles. The van der Waals surface area contributed by atoms with Gasteiger partial charge in [-0.2, -0.15) is 0 Å². The van der Waals surface area contributed by atoms with Gasteiger partial charge in [0.25, 0.3) is 0 Å². The van der Waals surface area contributed by atoms with Gasteiger partial charge in [0.1, 0.15) is 0 Å². The Balaban J connectivity index is 2.55. The second-order valence-corrected chi connectivity index (χ2v) is 5.88. The van der Waals surface area contributed by atoms with Crippen molar-refractivity contribution in [2.75, 3.05) is 27.3 Å². The fraction of sp³-hybridized carbons (Fsp3) is 1.00. The Bertz CT molecular complexity index is 203. The van der Waals surface area contributed by atoms with Crippen LogP contribution in [0.25, 0.3) is 0 Å². The lowest BCUT2D eigenvalue weighted by Crippen LogP contribution is -2.49. The van der Waals surface area contributed by atoms with Crippen molar-refractivity contribution in [2.45, 2.75) is 64.0 Å². The molecule has 1 saturated carbocycles. The minimum atomic E-state index is 0.453. The van der Waals surface area contributed by atoms with Crippen LogP contribution in [0.15, 0.2) is 0 Å². The predicted molar refractivity (Wildman–Crippen MR) is 77.8 cm³/mol. The van der Waals surface area contributed by atoms with E-state index in [0.717, 1.165) is 19.1 Å². The van der Waals surface area contributed by atoms with Gasteiger partial charge >= 0.3 is 0 Å². The molecule has 2 N–H and O–H groups in total. The molecule has 3 heteroatoms. The lowest BCUT2D eigenvalue weighted by Gasteiger charge is -2.38. The molecule has 0 radical (unpaired) electrons. The van der Waals surface area contributed by atoms with Crippen LogP contribution in [0, 0.1) is 5.92 Å². The van der Waals surface area contributed by atoms with E-state index in [1.807, 2.05) is 0 Å². The fourth-order valence-corrected chi connectivity index (χ4v) is 3.25. The largest absolute Gasteiger partial charge is 0.383 e. The van der Waals surface area contributed by atoms with Crippen LogP contribution in [0.3, 0.4) is 0 Å². The van der Waals surface area contributed by atoms with Crippen molar-refractivity contribution < 1.29 is 4.74 Å². The summed E-state index contributed by atoms with van der Waals surface area (Å²) in [6.45, 7) is 3.80. The van der Waals surface area contributed by atoms with Crippen molar-refractivity contribution in [1.29, 1.82) is 0 Å². The molecule has 0 aromatic heterocycles. The first-order chi connectivity index (χ1) is 8.70. The normalized spacial score (nSPS) is 22.5. The highest BCUT2D eigenvalue weighted by Gasteiger charge is 2.26. The van der Waals surface area contributed by atoms with Crippen LogP contribution in [0.4, 0.5) is 0 Å². The van der Waals surface area contributed by atoms with E-state index in [2.05, 4.69) is 18.9 Å². The number of rotatable bonds is 6. The third kappa shape index (κ3) is 4.87. The molecule has 0 saturated heterocycles. The monoisotopic (exact) mass is 256 g/mol. The molecule has 108 valence electrons. The van der Waals surface area contributed by atoms with Crippen molar-refractivity contribution in [3.05, 3.63) is 0 Å². The second kappa shape index (κ2) is 8.89. The zero-order chi connectivity index (χ0) is 13.4. The van der Waals surface area contributed by atoms with E-state index in [-0.39, 0.29) is 0 Å². The summed E-state index contributed by atoms with van der Waals surface area (Å²) in [7, 11) is 3.98. The second-order valence-electron chi connectivity index (χ2n) is 5.88. The molecular weight excluding hydrogens is 224 g/mol. The summed E-state index contributed by atoms with van der Waals surface area (Å²) in [5.74, 6) is 0.777. The Labute approximate surface area is 113 Å². The quantitative estimate of drug-likeness (QED) is 0.794. The molecule has 3 nitrogen and oxygen atoms in total. The maximum Gasteiger partial charge on any atom is 0.0615 e. The van der Waals surface area contributed by atoms with E-state index in [4.69, 9.17) is 10.5 Å². The van der Waals surface area contributed by atoms with Gasteiger partial charge in [0.05, 0.1) is 6.61 Å². The van der Waals surface area contributed by atoms with E-state index in [0.29, 0.717) is 12.1 Å². The Morgan fingerprint density at radius 1 is 1.17 bits per heavy atom. The van der Waals surface area contributed by atoms with E-state index in [1.165, 1.54) is 44.9 Å². The van der Waals surface area contributed by atoms with Crippen LogP contribution in [0.1, 0.15) is 51.9 Å². The van der Waals surface area contributed by atoms with Gasteiger partial charge in [-0.05, 0) is 32.7 Å². The number of nitrogens with zero attached hydrogens (tertiary/aromatic N) is 1. The lowest BCUT2D eigenvalue weighted by molar-refractivity contribution is 0.0639. The molecule has 0 heterocycles. The highest BCUT2D eigenvalue weighted by molar-refractivity contribution is 4.82. The Morgan fingerprint density at radius 2 is 1.72 bits per heavy atom. The number of methoxy groups -OCH3 is 1. The molecule has 1 aliphatic rings. The Kier molecular flexibility index (Phi) is 7.87. The summed E-state index contributed by atoms with van der Waals surface area (Å²) >= 11 is 0. The minimum absolute atomic E-state index is 0.453. The summed E-state index contributed by atoms with van der Waals surface area (Å²) in [4.78, 5) is 2.44. The summed E-state index contributed by atoms with van der Waals surface area (Å²) < 4.78 is 5.27. The van der Waals surface area contributed by atoms with Gasteiger partial charge in [-0.25, -0.2) is 0 Å². The molecule has 2 unspecified atom stereocenters. The third-order valence-corrected chi connectivity index (χ3v) is 4.56. The molecular formula is C15H32N2O. The van der Waals surface area contributed by atoms with E-state index in [1.54, 1.807) is 7.11 Å². The van der Waals surface area contributed by atoms with Gasteiger partial charge in [-0.3, -0.25) is 4.90 Å². The molecule has 0 aromatic carbocycles. The first-order valence-electron chi connectivity index (χ1n) is 7.61. The molecule has 0 bridgehead atoms. The third-order valence-electron chi connectivity index (χ3n) is 4.56. The summed E-state index contributed by atoms with van der Waals surface area (Å²) in [6, 6.07) is 0.974. The number of nitrogens with two attached hydrogens (primary N) is 1. The number of ether oxygens (including phenoxy) is 1. The highest BCUT2D eigenvalue weighted by atomic mass is 16.5. The van der Waals surface area contributed by atoms with Crippen LogP contribution in [-0.4, -0.2) is 44.3 Å². The number of hydrogen-bond acceptors (Lipinski definition) is 3. The Hall–Kier alpha value is -0.120. The molecule has 1 aliphatic carbocycles. The van der Waals surface area contributed by atoms with Crippen molar-refractivity contribution in [3.63, 3.8) is 0 Å². The van der Waals surface area contributed by atoms with Crippen LogP contribution in [0.5, 0.6) is 0 Å². The van der Waals surface area contributed by atoms with Crippen molar-refractivity contribution in [2.24, 2.45) is 11.7 Å². The van der Waals surface area contributed by atoms with Crippen LogP contribution < -0.4 is 5.73 Å². The van der Waals surface area contributed by atoms with E-state index in [9.17, 15) is 0 Å². The summed E-state index contributed by atoms with van der Waals surface area (Å²) in [6.07, 6.45) is 9.71. The molecule has 1 fully saturated rings. The van der Waals surface area contributed by atoms with Gasteiger partial charge in [-0.1, -0.05) is 32.1 Å². The average Bonchev–Trinajstić information content (AvgIpc) is 2.32. The Morgan fingerprint density at radius 3 is 2.22 bits per heavy atom. The van der Waals surface area contributed by atoms with Crippen LogP contribution in [0.2, 0.25) is 0 Å². The van der Waals surface area contributed by atoms with Gasteiger partial charge < -0.3 is 10.5 Å². The highest BCUT2D eigenvalue weighted by Crippen LogP contribution is 2.27. The maximum atomic E-state index is 6.05. The molecule has 0 aromatic rings. The zero-order valence-electron chi connectivity index (χ0n) is 12.5. The van der Waals surface area contributed by atoms with Gasteiger partial charge in [0.15, 0.2) is 0 Å². The predicted octanol–water partition coefficient (Wildman–Crippen LogP) is 2.64. The average molecular weight is 256 g/mol. The van der Waals surface area contributed by atoms with E-state index >= 15 is 0 Å². The zero-order valence-corrected chi connectivity index (χ0v) is 12.5. The van der Waals surface area contributed by atoms with Crippen molar-refractivity contribution in [3.8, 4) is 0 Å². The van der Waals surface area contributed by atoms with Gasteiger partial charge in [0, 0.05) is 25.7 Å². The van der Waals surface area contributed by atoms with Crippen molar-refractivity contribution >= 4 is 0 Å². The number of hydrogen-bond donors (Lipinski definition) is 1. The maximum absolute atomic E-state index is 6.05. The molecule has 1 rings (SSSR count). The van der Waals surface area contributed by atoms with Crippen molar-refractivity contribution in [1.82, 2.24) is 4.90 Å². The minimum Gasteiger partial charge on any atom is -0.383 e. The summed E-state index contributed by atoms with van der Waals surface area (Å²) in [5, 5.41) is 0. The van der Waals surface area contributed by atoms with Gasteiger partial charge in [0.2, 0.25) is 0 Å². The summed E-state index contributed by atoms with van der Waals surface area (Å²) in [5.41, 5.74) is 6.05. The lowest BCUT2D eigenvalue weighted by atomic mass is 9.85.